The topological polar surface area (TPSA) is 91.2 Å². The fraction of sp³-hybridized carbons (Fsp3) is 0.308. The zero-order valence-corrected chi connectivity index (χ0v) is 12.0. The number of carbonyl (C=O) groups is 1. The molecule has 2 N–H and O–H groups in total. The van der Waals surface area contributed by atoms with E-state index in [9.17, 15) is 4.79 Å². The molecular weight excluding hydrogens is 278 g/mol. The lowest BCUT2D eigenvalue weighted by atomic mass is 10.2. The van der Waals surface area contributed by atoms with Gasteiger partial charge in [-0.3, -0.25) is 4.79 Å². The molecule has 0 saturated carbocycles. The predicted molar refractivity (Wildman–Crippen MR) is 76.2 cm³/mol. The second-order valence-electron chi connectivity index (χ2n) is 4.10. The van der Waals surface area contributed by atoms with Crippen LogP contribution in [0.5, 0.6) is 5.75 Å². The number of ether oxygens (including phenoxy) is 1. The highest BCUT2D eigenvalue weighted by Crippen LogP contribution is 2.22. The second-order valence-corrected chi connectivity index (χ2v) is 5.43. The Labute approximate surface area is 120 Å². The van der Waals surface area contributed by atoms with Crippen molar-refractivity contribution in [3.63, 3.8) is 0 Å². The van der Waals surface area contributed by atoms with Gasteiger partial charge in [-0.15, -0.1) is 11.8 Å². The quantitative estimate of drug-likeness (QED) is 0.874. The summed E-state index contributed by atoms with van der Waals surface area (Å²) in [5.74, 6) is 1.86. The molecule has 1 unspecified atom stereocenters. The van der Waals surface area contributed by atoms with E-state index in [1.807, 2.05) is 24.3 Å². The molecule has 2 aromatic rings. The van der Waals surface area contributed by atoms with Crippen molar-refractivity contribution >= 4 is 17.7 Å². The minimum absolute atomic E-state index is 0.280. The molecule has 7 heteroatoms. The van der Waals surface area contributed by atoms with E-state index in [-0.39, 0.29) is 11.2 Å². The van der Waals surface area contributed by atoms with Crippen LogP contribution in [0.4, 0.5) is 0 Å². The SMILES string of the molecule is COc1ccc(-c2nc(CSC(C)C(N)=O)no2)cc1. The van der Waals surface area contributed by atoms with Gasteiger partial charge in [-0.25, -0.2) is 0 Å². The van der Waals surface area contributed by atoms with Crippen LogP contribution in [0.3, 0.4) is 0 Å². The molecule has 0 spiro atoms. The van der Waals surface area contributed by atoms with Crippen molar-refractivity contribution in [2.45, 2.75) is 17.9 Å². The summed E-state index contributed by atoms with van der Waals surface area (Å²) >= 11 is 1.37. The molecule has 1 heterocycles. The van der Waals surface area contributed by atoms with Crippen molar-refractivity contribution in [2.24, 2.45) is 5.73 Å². The number of aromatic nitrogens is 2. The standard InChI is InChI=1S/C13H15N3O3S/c1-8(12(14)17)20-7-11-15-13(19-16-11)9-3-5-10(18-2)6-4-9/h3-6,8H,7H2,1-2H3,(H2,14,17). The Hall–Kier alpha value is -2.02. The number of nitrogens with zero attached hydrogens (tertiary/aromatic N) is 2. The molecule has 0 aliphatic rings. The number of methoxy groups -OCH3 is 1. The van der Waals surface area contributed by atoms with E-state index in [0.717, 1.165) is 11.3 Å². The first-order valence-electron chi connectivity index (χ1n) is 5.98. The number of hydrogen-bond acceptors (Lipinski definition) is 6. The number of benzene rings is 1. The maximum Gasteiger partial charge on any atom is 0.257 e. The zero-order valence-electron chi connectivity index (χ0n) is 11.2. The van der Waals surface area contributed by atoms with Crippen LogP contribution in [0, 0.1) is 0 Å². The Kier molecular flexibility index (Phi) is 4.62. The van der Waals surface area contributed by atoms with Crippen LogP contribution < -0.4 is 10.5 Å². The third-order valence-electron chi connectivity index (χ3n) is 2.67. The maximum atomic E-state index is 10.9. The molecule has 0 saturated heterocycles. The average molecular weight is 293 g/mol. The molecule has 1 atom stereocenters. The molecule has 20 heavy (non-hydrogen) atoms. The van der Waals surface area contributed by atoms with Gasteiger partial charge in [0.1, 0.15) is 5.75 Å². The van der Waals surface area contributed by atoms with Gasteiger partial charge >= 0.3 is 0 Å². The van der Waals surface area contributed by atoms with Crippen molar-refractivity contribution in [3.05, 3.63) is 30.1 Å². The summed E-state index contributed by atoms with van der Waals surface area (Å²) in [6.45, 7) is 1.75. The van der Waals surface area contributed by atoms with Crippen molar-refractivity contribution in [2.75, 3.05) is 7.11 Å². The van der Waals surface area contributed by atoms with Gasteiger partial charge in [0.05, 0.1) is 18.1 Å². The predicted octanol–water partition coefficient (Wildman–Crippen LogP) is 1.85. The van der Waals surface area contributed by atoms with Gasteiger partial charge in [0.15, 0.2) is 5.82 Å². The lowest BCUT2D eigenvalue weighted by molar-refractivity contribution is -0.117. The van der Waals surface area contributed by atoms with E-state index in [0.29, 0.717) is 17.5 Å². The Morgan fingerprint density at radius 2 is 2.15 bits per heavy atom. The minimum atomic E-state index is -0.353. The Bertz CT molecular complexity index is 583. The molecule has 106 valence electrons. The lowest BCUT2D eigenvalue weighted by Crippen LogP contribution is -2.22. The molecule has 0 aliphatic heterocycles. The van der Waals surface area contributed by atoms with Gasteiger partial charge in [-0.1, -0.05) is 5.16 Å². The van der Waals surface area contributed by atoms with Crippen LogP contribution in [0.2, 0.25) is 0 Å². The van der Waals surface area contributed by atoms with Gasteiger partial charge in [-0.2, -0.15) is 4.98 Å². The van der Waals surface area contributed by atoms with Gasteiger partial charge in [-0.05, 0) is 31.2 Å². The monoisotopic (exact) mass is 293 g/mol. The zero-order chi connectivity index (χ0) is 14.5. The molecular formula is C13H15N3O3S. The summed E-state index contributed by atoms with van der Waals surface area (Å²) in [6.07, 6.45) is 0. The van der Waals surface area contributed by atoms with E-state index in [1.165, 1.54) is 11.8 Å². The first-order chi connectivity index (χ1) is 9.60. The first kappa shape index (κ1) is 14.4. The van der Waals surface area contributed by atoms with Crippen LogP contribution in [0.25, 0.3) is 11.5 Å². The summed E-state index contributed by atoms with van der Waals surface area (Å²) in [7, 11) is 1.61. The molecule has 1 aromatic heterocycles. The maximum absolute atomic E-state index is 10.9. The third-order valence-corrected chi connectivity index (χ3v) is 3.83. The molecule has 6 nitrogen and oxygen atoms in total. The van der Waals surface area contributed by atoms with Crippen LogP contribution in [0.15, 0.2) is 28.8 Å². The number of amides is 1. The van der Waals surface area contributed by atoms with E-state index in [4.69, 9.17) is 15.0 Å². The summed E-state index contributed by atoms with van der Waals surface area (Å²) < 4.78 is 10.3. The summed E-state index contributed by atoms with van der Waals surface area (Å²) in [6, 6.07) is 7.33. The Balaban J connectivity index is 2.02. The van der Waals surface area contributed by atoms with Crippen LogP contribution in [0.1, 0.15) is 12.7 Å². The fourth-order valence-electron chi connectivity index (χ4n) is 1.45. The Morgan fingerprint density at radius 3 is 2.75 bits per heavy atom. The van der Waals surface area contributed by atoms with Gasteiger partial charge in [0.2, 0.25) is 5.91 Å². The summed E-state index contributed by atoms with van der Waals surface area (Å²) in [4.78, 5) is 15.2. The van der Waals surface area contributed by atoms with Gasteiger partial charge in [0.25, 0.3) is 5.89 Å². The molecule has 0 aliphatic carbocycles. The highest BCUT2D eigenvalue weighted by molar-refractivity contribution is 7.99. The molecule has 0 fully saturated rings. The largest absolute Gasteiger partial charge is 0.497 e. The number of rotatable bonds is 6. The van der Waals surface area contributed by atoms with Crippen LogP contribution in [-0.2, 0) is 10.5 Å². The van der Waals surface area contributed by atoms with Gasteiger partial charge < -0.3 is 15.0 Å². The van der Waals surface area contributed by atoms with Crippen molar-refractivity contribution in [3.8, 4) is 17.2 Å². The van der Waals surface area contributed by atoms with Crippen molar-refractivity contribution < 1.29 is 14.1 Å². The van der Waals surface area contributed by atoms with Crippen molar-refractivity contribution in [1.29, 1.82) is 0 Å². The molecule has 0 radical (unpaired) electrons. The lowest BCUT2D eigenvalue weighted by Gasteiger charge is -2.03. The van der Waals surface area contributed by atoms with E-state index < -0.39 is 0 Å². The summed E-state index contributed by atoms with van der Waals surface area (Å²) in [5, 5.41) is 3.60. The Morgan fingerprint density at radius 1 is 1.45 bits per heavy atom. The van der Waals surface area contributed by atoms with E-state index in [1.54, 1.807) is 14.0 Å². The minimum Gasteiger partial charge on any atom is -0.497 e. The van der Waals surface area contributed by atoms with E-state index >= 15 is 0 Å². The second kappa shape index (κ2) is 6.42. The number of primary amides is 1. The third kappa shape index (κ3) is 3.51. The summed E-state index contributed by atoms with van der Waals surface area (Å²) in [5.41, 5.74) is 6.00. The highest BCUT2D eigenvalue weighted by atomic mass is 32.2. The van der Waals surface area contributed by atoms with Crippen molar-refractivity contribution in [1.82, 2.24) is 10.1 Å². The number of thioether (sulfide) groups is 1. The molecule has 1 amide bonds. The van der Waals surface area contributed by atoms with Crippen LogP contribution >= 0.6 is 11.8 Å². The van der Waals surface area contributed by atoms with Gasteiger partial charge in [0, 0.05) is 5.56 Å². The number of carbonyl (C=O) groups excluding carboxylic acids is 1. The van der Waals surface area contributed by atoms with E-state index in [2.05, 4.69) is 10.1 Å². The molecule has 1 aromatic carbocycles. The molecule has 0 bridgehead atoms. The normalized spacial score (nSPS) is 12.1. The molecule has 2 rings (SSSR count). The highest BCUT2D eigenvalue weighted by Gasteiger charge is 2.13. The average Bonchev–Trinajstić information content (AvgIpc) is 2.93. The smallest absolute Gasteiger partial charge is 0.257 e. The first-order valence-corrected chi connectivity index (χ1v) is 7.03. The van der Waals surface area contributed by atoms with Crippen LogP contribution in [-0.4, -0.2) is 28.4 Å². The number of hydrogen-bond donors (Lipinski definition) is 1. The fourth-order valence-corrected chi connectivity index (χ4v) is 2.13. The number of nitrogens with two attached hydrogens (primary N) is 1.